The largest absolute Gasteiger partial charge is 0.298 e. The Balaban J connectivity index is 1.86. The van der Waals surface area contributed by atoms with Gasteiger partial charge in [0.05, 0.1) is 4.92 Å². The maximum atomic E-state index is 12.0. The monoisotopic (exact) mass is 384 g/mol. The molecule has 9 heteroatoms. The summed E-state index contributed by atoms with van der Waals surface area (Å²) in [6.45, 7) is 1.80. The van der Waals surface area contributed by atoms with Crippen LogP contribution in [0.1, 0.15) is 21.5 Å². The van der Waals surface area contributed by atoms with Gasteiger partial charge in [0.1, 0.15) is 0 Å². The van der Waals surface area contributed by atoms with Crippen LogP contribution in [-0.4, -0.2) is 21.9 Å². The van der Waals surface area contributed by atoms with Crippen molar-refractivity contribution >= 4 is 40.9 Å². The molecule has 8 nitrogen and oxygen atoms in total. The van der Waals surface area contributed by atoms with E-state index in [2.05, 4.69) is 16.2 Å². The molecule has 3 N–H and O–H groups in total. The van der Waals surface area contributed by atoms with Gasteiger partial charge < -0.3 is 0 Å². The lowest BCUT2D eigenvalue weighted by atomic mass is 10.1. The Morgan fingerprint density at radius 1 is 1.11 bits per heavy atom. The highest BCUT2D eigenvalue weighted by Gasteiger charge is 2.09. The zero-order valence-corrected chi connectivity index (χ0v) is 15.1. The van der Waals surface area contributed by atoms with E-state index in [9.17, 15) is 19.7 Å². The molecule has 0 aliphatic heterocycles. The van der Waals surface area contributed by atoms with Crippen LogP contribution < -0.4 is 16.2 Å². The number of nitro benzene ring substituents is 1. The van der Waals surface area contributed by atoms with Gasteiger partial charge >= 0.3 is 0 Å². The van der Waals surface area contributed by atoms with Crippen molar-refractivity contribution in [2.75, 3.05) is 0 Å². The van der Waals surface area contributed by atoms with E-state index in [-0.39, 0.29) is 10.8 Å². The summed E-state index contributed by atoms with van der Waals surface area (Å²) < 4.78 is 0. The van der Waals surface area contributed by atoms with Crippen molar-refractivity contribution in [1.82, 2.24) is 16.2 Å². The topological polar surface area (TPSA) is 113 Å². The molecule has 0 aliphatic carbocycles. The molecule has 0 spiro atoms. The second-order valence-electron chi connectivity index (χ2n) is 5.40. The molecule has 2 amide bonds. The SMILES string of the molecule is Cc1ccccc1C(=O)NNC(=S)NC(=O)/C=C/c1cccc([N+](=O)[O-])c1. The van der Waals surface area contributed by atoms with Crippen LogP contribution >= 0.6 is 12.2 Å². The third kappa shape index (κ3) is 6.01. The number of aryl methyl sites for hydroxylation is 1. The number of benzene rings is 2. The minimum absolute atomic E-state index is 0.0753. The zero-order valence-electron chi connectivity index (χ0n) is 14.3. The molecule has 0 fully saturated rings. The van der Waals surface area contributed by atoms with Gasteiger partial charge in [-0.1, -0.05) is 30.3 Å². The molecule has 0 aliphatic rings. The molecule has 138 valence electrons. The fourth-order valence-corrected chi connectivity index (χ4v) is 2.26. The summed E-state index contributed by atoms with van der Waals surface area (Å²) in [5.41, 5.74) is 6.52. The van der Waals surface area contributed by atoms with E-state index in [1.807, 2.05) is 6.07 Å². The van der Waals surface area contributed by atoms with Crippen LogP contribution in [0.15, 0.2) is 54.6 Å². The zero-order chi connectivity index (χ0) is 19.8. The molecule has 2 aromatic carbocycles. The molecule has 27 heavy (non-hydrogen) atoms. The third-order valence-electron chi connectivity index (χ3n) is 3.42. The quantitative estimate of drug-likeness (QED) is 0.322. The van der Waals surface area contributed by atoms with Crippen LogP contribution in [0.2, 0.25) is 0 Å². The minimum Gasteiger partial charge on any atom is -0.298 e. The van der Waals surface area contributed by atoms with Crippen LogP contribution in [0.3, 0.4) is 0 Å². The van der Waals surface area contributed by atoms with Crippen LogP contribution in [-0.2, 0) is 4.79 Å². The van der Waals surface area contributed by atoms with E-state index in [4.69, 9.17) is 12.2 Å². The number of nitro groups is 1. The Kier molecular flexibility index (Phi) is 6.73. The first-order chi connectivity index (χ1) is 12.9. The van der Waals surface area contributed by atoms with Crippen LogP contribution in [0.5, 0.6) is 0 Å². The van der Waals surface area contributed by atoms with Crippen molar-refractivity contribution in [3.05, 3.63) is 81.4 Å². The van der Waals surface area contributed by atoms with Gasteiger partial charge in [0.15, 0.2) is 5.11 Å². The number of carbonyl (C=O) groups excluding carboxylic acids is 2. The number of hydrogen-bond donors (Lipinski definition) is 3. The summed E-state index contributed by atoms with van der Waals surface area (Å²) in [4.78, 5) is 34.1. The molecule has 0 atom stereocenters. The first-order valence-electron chi connectivity index (χ1n) is 7.76. The maximum absolute atomic E-state index is 12.0. The average molecular weight is 384 g/mol. The van der Waals surface area contributed by atoms with E-state index in [0.29, 0.717) is 11.1 Å². The van der Waals surface area contributed by atoms with Crippen molar-refractivity contribution in [2.24, 2.45) is 0 Å². The van der Waals surface area contributed by atoms with Crippen molar-refractivity contribution in [2.45, 2.75) is 6.92 Å². The van der Waals surface area contributed by atoms with Gasteiger partial charge in [-0.3, -0.25) is 35.9 Å². The normalized spacial score (nSPS) is 10.3. The minimum atomic E-state index is -0.552. The predicted molar refractivity (Wildman–Crippen MR) is 105 cm³/mol. The summed E-state index contributed by atoms with van der Waals surface area (Å²) in [6, 6.07) is 12.8. The van der Waals surface area contributed by atoms with Crippen LogP contribution in [0.25, 0.3) is 6.08 Å². The predicted octanol–water partition coefficient (Wildman–Crippen LogP) is 2.25. The Morgan fingerprint density at radius 2 is 1.85 bits per heavy atom. The lowest BCUT2D eigenvalue weighted by Crippen LogP contribution is -2.48. The number of thiocarbonyl (C=S) groups is 1. The van der Waals surface area contributed by atoms with E-state index in [1.165, 1.54) is 30.4 Å². The van der Waals surface area contributed by atoms with E-state index in [0.717, 1.165) is 5.56 Å². The highest BCUT2D eigenvalue weighted by molar-refractivity contribution is 7.80. The van der Waals surface area contributed by atoms with E-state index >= 15 is 0 Å². The molecule has 0 radical (unpaired) electrons. The molecule has 0 bridgehead atoms. The first-order valence-corrected chi connectivity index (χ1v) is 8.17. The standard InChI is InChI=1S/C18H16N4O4S/c1-12-5-2-3-8-15(12)17(24)20-21-18(27)19-16(23)10-9-13-6-4-7-14(11-13)22(25)26/h2-11H,1H3,(H,20,24)(H2,19,21,23,27)/b10-9+. The highest BCUT2D eigenvalue weighted by Crippen LogP contribution is 2.14. The summed E-state index contributed by atoms with van der Waals surface area (Å²) in [5, 5.41) is 13.0. The van der Waals surface area contributed by atoms with Crippen molar-refractivity contribution < 1.29 is 14.5 Å². The van der Waals surface area contributed by atoms with Gasteiger partial charge in [-0.25, -0.2) is 0 Å². The first kappa shape index (κ1) is 19.7. The second kappa shape index (κ2) is 9.20. The van der Waals surface area contributed by atoms with E-state index in [1.54, 1.807) is 31.2 Å². The number of non-ortho nitro benzene ring substituents is 1. The van der Waals surface area contributed by atoms with Crippen molar-refractivity contribution in [3.8, 4) is 0 Å². The van der Waals surface area contributed by atoms with Crippen LogP contribution in [0, 0.1) is 17.0 Å². The molecule has 2 aromatic rings. The lowest BCUT2D eigenvalue weighted by Gasteiger charge is -2.10. The Labute approximate surface area is 160 Å². The van der Waals surface area contributed by atoms with Gasteiger partial charge in [-0.05, 0) is 42.4 Å². The average Bonchev–Trinajstić information content (AvgIpc) is 2.65. The third-order valence-corrected chi connectivity index (χ3v) is 3.63. The summed E-state index contributed by atoms with van der Waals surface area (Å²) >= 11 is 4.94. The lowest BCUT2D eigenvalue weighted by molar-refractivity contribution is -0.384. The van der Waals surface area contributed by atoms with Gasteiger partial charge in [0.25, 0.3) is 11.6 Å². The fourth-order valence-electron chi connectivity index (χ4n) is 2.11. The number of nitrogens with one attached hydrogen (secondary N) is 3. The number of rotatable bonds is 4. The molecular weight excluding hydrogens is 368 g/mol. The molecule has 0 saturated carbocycles. The Hall–Kier alpha value is -3.59. The van der Waals surface area contributed by atoms with Crippen molar-refractivity contribution in [3.63, 3.8) is 0 Å². The van der Waals surface area contributed by atoms with Crippen LogP contribution in [0.4, 0.5) is 5.69 Å². The maximum Gasteiger partial charge on any atom is 0.270 e. The summed E-state index contributed by atoms with van der Waals surface area (Å²) in [6.07, 6.45) is 2.59. The smallest absolute Gasteiger partial charge is 0.270 e. The van der Waals surface area contributed by atoms with Gasteiger partial charge in [0, 0.05) is 23.8 Å². The molecule has 0 unspecified atom stereocenters. The second-order valence-corrected chi connectivity index (χ2v) is 5.81. The van der Waals surface area contributed by atoms with Crippen molar-refractivity contribution in [1.29, 1.82) is 0 Å². The molecular formula is C18H16N4O4S. The van der Waals surface area contributed by atoms with Gasteiger partial charge in [-0.15, -0.1) is 0 Å². The summed E-state index contributed by atoms with van der Waals surface area (Å²) in [5.74, 6) is -0.944. The highest BCUT2D eigenvalue weighted by atomic mass is 32.1. The molecule has 2 rings (SSSR count). The van der Waals surface area contributed by atoms with E-state index < -0.39 is 16.7 Å². The fraction of sp³-hybridized carbons (Fsp3) is 0.0556. The molecule has 0 heterocycles. The Bertz CT molecular complexity index is 927. The molecule has 0 saturated heterocycles. The van der Waals surface area contributed by atoms with Gasteiger partial charge in [-0.2, -0.15) is 0 Å². The number of amides is 2. The van der Waals surface area contributed by atoms with Gasteiger partial charge in [0.2, 0.25) is 5.91 Å². The summed E-state index contributed by atoms with van der Waals surface area (Å²) in [7, 11) is 0. The number of hydrazine groups is 1. The number of nitrogens with zero attached hydrogens (tertiary/aromatic N) is 1. The molecule has 0 aromatic heterocycles. The Morgan fingerprint density at radius 3 is 2.56 bits per heavy atom. The number of hydrogen-bond acceptors (Lipinski definition) is 5. The number of carbonyl (C=O) groups is 2.